The summed E-state index contributed by atoms with van der Waals surface area (Å²) < 4.78 is 5.46. The van der Waals surface area contributed by atoms with Crippen LogP contribution in [0.5, 0.6) is 0 Å². The largest absolute Gasteiger partial charge is 0.461 e. The molecular weight excluding hydrogens is 374 g/mol. The van der Waals surface area contributed by atoms with E-state index in [1.807, 2.05) is 78.2 Å². The number of hydrogen-bond acceptors (Lipinski definition) is 5. The van der Waals surface area contributed by atoms with Crippen molar-refractivity contribution in [2.45, 2.75) is 13.0 Å². The molecule has 0 aliphatic rings. The Bertz CT molecular complexity index is 1010. The van der Waals surface area contributed by atoms with Gasteiger partial charge in [0.15, 0.2) is 0 Å². The van der Waals surface area contributed by atoms with Gasteiger partial charge < -0.3 is 4.74 Å². The van der Waals surface area contributed by atoms with Crippen molar-refractivity contribution >= 4 is 28.6 Å². The first-order valence-electron chi connectivity index (χ1n) is 8.58. The Kier molecular flexibility index (Phi) is 5.42. The molecule has 0 aliphatic heterocycles. The number of hydrogen-bond donors (Lipinski definition) is 0. The van der Waals surface area contributed by atoms with Crippen molar-refractivity contribution in [3.8, 4) is 21.1 Å². The van der Waals surface area contributed by atoms with Crippen LogP contribution in [0, 0.1) is 0 Å². The second-order valence-corrected chi connectivity index (χ2v) is 7.99. The lowest BCUT2D eigenvalue weighted by Crippen LogP contribution is -2.07. The molecule has 4 rings (SSSR count). The minimum atomic E-state index is -0.236. The highest BCUT2D eigenvalue weighted by molar-refractivity contribution is 7.17. The standard InChI is InChI=1S/C22H17NO2S2/c24-20(25-15-16-8-3-1-4-9-16)14-19-21(18-12-7-13-26-18)23-22(27-19)17-10-5-2-6-11-17/h1-13H,14-15H2. The van der Waals surface area contributed by atoms with E-state index >= 15 is 0 Å². The number of carbonyl (C=O) groups excluding carboxylic acids is 1. The highest BCUT2D eigenvalue weighted by Gasteiger charge is 2.18. The van der Waals surface area contributed by atoms with Gasteiger partial charge in [-0.25, -0.2) is 4.98 Å². The monoisotopic (exact) mass is 391 g/mol. The van der Waals surface area contributed by atoms with E-state index in [0.29, 0.717) is 6.61 Å². The third-order valence-electron chi connectivity index (χ3n) is 4.02. The molecule has 3 nitrogen and oxygen atoms in total. The second kappa shape index (κ2) is 8.29. The number of aromatic nitrogens is 1. The number of esters is 1. The van der Waals surface area contributed by atoms with Gasteiger partial charge in [0.25, 0.3) is 0 Å². The summed E-state index contributed by atoms with van der Waals surface area (Å²) in [6.07, 6.45) is 0.227. The Morgan fingerprint density at radius 1 is 0.926 bits per heavy atom. The van der Waals surface area contributed by atoms with Crippen molar-refractivity contribution in [3.05, 3.63) is 88.6 Å². The van der Waals surface area contributed by atoms with Crippen LogP contribution in [0.4, 0.5) is 0 Å². The van der Waals surface area contributed by atoms with Gasteiger partial charge in [0.05, 0.1) is 17.0 Å². The van der Waals surface area contributed by atoms with E-state index < -0.39 is 0 Å². The van der Waals surface area contributed by atoms with Crippen LogP contribution < -0.4 is 0 Å². The zero-order valence-corrected chi connectivity index (χ0v) is 16.1. The van der Waals surface area contributed by atoms with Gasteiger partial charge >= 0.3 is 5.97 Å². The lowest BCUT2D eigenvalue weighted by atomic mass is 10.2. The fourth-order valence-electron chi connectivity index (χ4n) is 2.70. The average molecular weight is 392 g/mol. The predicted molar refractivity (Wildman–Crippen MR) is 111 cm³/mol. The Morgan fingerprint density at radius 3 is 2.37 bits per heavy atom. The summed E-state index contributed by atoms with van der Waals surface area (Å²) in [6, 6.07) is 23.8. The molecule has 0 saturated carbocycles. The van der Waals surface area contributed by atoms with E-state index in [1.54, 1.807) is 22.7 Å². The van der Waals surface area contributed by atoms with Gasteiger partial charge in [-0.05, 0) is 17.0 Å². The summed E-state index contributed by atoms with van der Waals surface area (Å²) in [4.78, 5) is 19.2. The first-order chi connectivity index (χ1) is 13.3. The number of ether oxygens (including phenoxy) is 1. The van der Waals surface area contributed by atoms with Gasteiger partial charge in [-0.15, -0.1) is 22.7 Å². The van der Waals surface area contributed by atoms with Gasteiger partial charge in [-0.3, -0.25) is 4.79 Å². The van der Waals surface area contributed by atoms with Crippen LogP contribution in [0.1, 0.15) is 10.4 Å². The van der Waals surface area contributed by atoms with Gasteiger partial charge in [0.1, 0.15) is 11.6 Å². The van der Waals surface area contributed by atoms with E-state index in [-0.39, 0.29) is 12.4 Å². The molecule has 2 heterocycles. The van der Waals surface area contributed by atoms with E-state index in [1.165, 1.54) is 0 Å². The van der Waals surface area contributed by atoms with Crippen molar-refractivity contribution in [2.75, 3.05) is 0 Å². The average Bonchev–Trinajstić information content (AvgIpc) is 3.38. The number of benzene rings is 2. The number of rotatable bonds is 6. The SMILES string of the molecule is O=C(Cc1sc(-c2ccccc2)nc1-c1cccs1)OCc1ccccc1. The van der Waals surface area contributed by atoms with Gasteiger partial charge in [-0.2, -0.15) is 0 Å². The van der Waals surface area contributed by atoms with Gasteiger partial charge in [0, 0.05) is 10.4 Å². The Balaban J connectivity index is 1.55. The molecule has 27 heavy (non-hydrogen) atoms. The Hall–Kier alpha value is -2.76. The first-order valence-corrected chi connectivity index (χ1v) is 10.3. The lowest BCUT2D eigenvalue weighted by Gasteiger charge is -2.04. The van der Waals surface area contributed by atoms with Crippen LogP contribution in [0.2, 0.25) is 0 Å². The van der Waals surface area contributed by atoms with Crippen LogP contribution in [0.15, 0.2) is 78.2 Å². The first kappa shape index (κ1) is 17.6. The van der Waals surface area contributed by atoms with Crippen molar-refractivity contribution < 1.29 is 9.53 Å². The van der Waals surface area contributed by atoms with Crippen molar-refractivity contribution in [3.63, 3.8) is 0 Å². The second-order valence-electron chi connectivity index (χ2n) is 5.96. The maximum Gasteiger partial charge on any atom is 0.311 e. The highest BCUT2D eigenvalue weighted by atomic mass is 32.1. The summed E-state index contributed by atoms with van der Waals surface area (Å²) >= 11 is 3.18. The fourth-order valence-corrected chi connectivity index (χ4v) is 4.57. The number of nitrogens with zero attached hydrogens (tertiary/aromatic N) is 1. The highest BCUT2D eigenvalue weighted by Crippen LogP contribution is 2.36. The molecule has 2 aromatic carbocycles. The number of carbonyl (C=O) groups is 1. The molecule has 2 aromatic heterocycles. The molecule has 0 fully saturated rings. The number of thiophene rings is 1. The normalized spacial score (nSPS) is 10.7. The van der Waals surface area contributed by atoms with Crippen LogP contribution in [0.25, 0.3) is 21.1 Å². The summed E-state index contributed by atoms with van der Waals surface area (Å²) in [5.74, 6) is -0.236. The maximum atomic E-state index is 12.4. The quantitative estimate of drug-likeness (QED) is 0.389. The Labute approximate surface area is 165 Å². The van der Waals surface area contributed by atoms with Crippen LogP contribution in [0.3, 0.4) is 0 Å². The minimum Gasteiger partial charge on any atom is -0.461 e. The van der Waals surface area contributed by atoms with E-state index in [2.05, 4.69) is 0 Å². The smallest absolute Gasteiger partial charge is 0.311 e. The summed E-state index contributed by atoms with van der Waals surface area (Å²) in [6.45, 7) is 0.290. The third-order valence-corrected chi connectivity index (χ3v) is 6.00. The fraction of sp³-hybridized carbons (Fsp3) is 0.0909. The molecular formula is C22H17NO2S2. The predicted octanol–water partition coefficient (Wildman–Crippen LogP) is 5.82. The molecule has 134 valence electrons. The van der Waals surface area contributed by atoms with Crippen LogP contribution in [-0.4, -0.2) is 11.0 Å². The molecule has 0 bridgehead atoms. The molecule has 0 atom stereocenters. The maximum absolute atomic E-state index is 12.4. The lowest BCUT2D eigenvalue weighted by molar-refractivity contribution is -0.144. The van der Waals surface area contributed by atoms with Crippen molar-refractivity contribution in [2.24, 2.45) is 0 Å². The van der Waals surface area contributed by atoms with E-state index in [0.717, 1.165) is 31.6 Å². The molecule has 0 N–H and O–H groups in total. The molecule has 0 unspecified atom stereocenters. The summed E-state index contributed by atoms with van der Waals surface area (Å²) in [5, 5.41) is 2.94. The Morgan fingerprint density at radius 2 is 1.67 bits per heavy atom. The summed E-state index contributed by atoms with van der Waals surface area (Å²) in [7, 11) is 0. The van der Waals surface area contributed by atoms with Crippen molar-refractivity contribution in [1.29, 1.82) is 0 Å². The van der Waals surface area contributed by atoms with Crippen molar-refractivity contribution in [1.82, 2.24) is 4.98 Å². The van der Waals surface area contributed by atoms with E-state index in [4.69, 9.17) is 9.72 Å². The van der Waals surface area contributed by atoms with E-state index in [9.17, 15) is 4.79 Å². The van der Waals surface area contributed by atoms with Crippen LogP contribution in [-0.2, 0) is 22.6 Å². The zero-order chi connectivity index (χ0) is 18.5. The van der Waals surface area contributed by atoms with Gasteiger partial charge in [0.2, 0.25) is 0 Å². The third kappa shape index (κ3) is 4.32. The zero-order valence-electron chi connectivity index (χ0n) is 14.5. The molecule has 4 aromatic rings. The number of thiazole rings is 1. The minimum absolute atomic E-state index is 0.227. The van der Waals surface area contributed by atoms with Crippen LogP contribution >= 0.6 is 22.7 Å². The van der Waals surface area contributed by atoms with Gasteiger partial charge in [-0.1, -0.05) is 66.7 Å². The molecule has 0 aliphatic carbocycles. The topological polar surface area (TPSA) is 39.2 Å². The molecule has 0 saturated heterocycles. The molecule has 0 amide bonds. The molecule has 5 heteroatoms. The molecule has 0 radical (unpaired) electrons. The summed E-state index contributed by atoms with van der Waals surface area (Å²) in [5.41, 5.74) is 2.92. The molecule has 0 spiro atoms.